The van der Waals surface area contributed by atoms with Crippen molar-refractivity contribution in [1.29, 1.82) is 0 Å². The van der Waals surface area contributed by atoms with Gasteiger partial charge in [-0.15, -0.1) is 0 Å². The molecule has 88 valence electrons. The number of hydrogen-bond acceptors (Lipinski definition) is 5. The Hall–Kier alpha value is -0.390. The molecule has 0 aromatic carbocycles. The minimum atomic E-state index is 0.564. The van der Waals surface area contributed by atoms with Crippen LogP contribution in [-0.4, -0.2) is 45.9 Å². The van der Waals surface area contributed by atoms with Crippen LogP contribution in [-0.2, 0) is 0 Å². The first-order chi connectivity index (χ1) is 7.84. The third-order valence-corrected chi connectivity index (χ3v) is 4.44. The van der Waals surface area contributed by atoms with E-state index in [4.69, 9.17) is 11.6 Å². The highest BCUT2D eigenvalue weighted by atomic mass is 35.5. The molecule has 3 rings (SSSR count). The minimum Gasteiger partial charge on any atom is -0.350 e. The van der Waals surface area contributed by atoms with Gasteiger partial charge in [0.05, 0.1) is 11.7 Å². The molecule has 1 atom stereocenters. The second kappa shape index (κ2) is 4.47. The highest BCUT2D eigenvalue weighted by Crippen LogP contribution is 2.28. The van der Waals surface area contributed by atoms with E-state index >= 15 is 0 Å². The van der Waals surface area contributed by atoms with Gasteiger partial charge in [0.25, 0.3) is 0 Å². The predicted octanol–water partition coefficient (Wildman–Crippen LogP) is 1.87. The van der Waals surface area contributed by atoms with Crippen LogP contribution in [0.25, 0.3) is 0 Å². The van der Waals surface area contributed by atoms with E-state index in [1.54, 1.807) is 0 Å². The summed E-state index contributed by atoms with van der Waals surface area (Å²) in [5, 5.41) is 0.564. The first-order valence-electron chi connectivity index (χ1n) is 5.81. The average molecular weight is 259 g/mol. The van der Waals surface area contributed by atoms with Crippen LogP contribution in [0.1, 0.15) is 19.3 Å². The second-order valence-corrected chi connectivity index (χ2v) is 5.40. The van der Waals surface area contributed by atoms with Gasteiger partial charge in [-0.2, -0.15) is 8.75 Å². The van der Waals surface area contributed by atoms with Gasteiger partial charge < -0.3 is 4.90 Å². The molecule has 0 spiro atoms. The van der Waals surface area contributed by atoms with E-state index in [9.17, 15) is 0 Å². The number of piperidine rings is 1. The molecular weight excluding hydrogens is 244 g/mol. The lowest BCUT2D eigenvalue weighted by Gasteiger charge is -2.44. The van der Waals surface area contributed by atoms with Gasteiger partial charge >= 0.3 is 0 Å². The molecule has 2 fully saturated rings. The Bertz CT molecular complexity index is 369. The molecule has 6 heteroatoms. The van der Waals surface area contributed by atoms with Crippen molar-refractivity contribution < 1.29 is 0 Å². The molecule has 0 bridgehead atoms. The van der Waals surface area contributed by atoms with Gasteiger partial charge in [0.2, 0.25) is 0 Å². The lowest BCUT2D eigenvalue weighted by molar-refractivity contribution is 0.133. The standard InChI is InChI=1S/C10H15ClN4S/c11-9-10(13-16-12-9)15-6-5-14-4-2-1-3-8(14)7-15/h8H,1-7H2. The van der Waals surface area contributed by atoms with E-state index < -0.39 is 0 Å². The Balaban J connectivity index is 1.73. The zero-order valence-corrected chi connectivity index (χ0v) is 10.7. The molecule has 2 saturated heterocycles. The Labute approximate surface area is 105 Å². The zero-order valence-electron chi connectivity index (χ0n) is 9.10. The van der Waals surface area contributed by atoms with Gasteiger partial charge in [0, 0.05) is 25.7 Å². The van der Waals surface area contributed by atoms with E-state index in [-0.39, 0.29) is 0 Å². The normalized spacial score (nSPS) is 26.8. The summed E-state index contributed by atoms with van der Waals surface area (Å²) in [6.45, 7) is 4.49. The van der Waals surface area contributed by atoms with Crippen LogP contribution in [0.5, 0.6) is 0 Å². The summed E-state index contributed by atoms with van der Waals surface area (Å²) in [5.74, 6) is 0.886. The lowest BCUT2D eigenvalue weighted by atomic mass is 9.99. The Morgan fingerprint density at radius 3 is 2.94 bits per heavy atom. The monoisotopic (exact) mass is 258 g/mol. The molecule has 3 heterocycles. The van der Waals surface area contributed by atoms with Crippen LogP contribution < -0.4 is 4.90 Å². The van der Waals surface area contributed by atoms with E-state index in [0.717, 1.165) is 25.5 Å². The predicted molar refractivity (Wildman–Crippen MR) is 66.3 cm³/mol. The van der Waals surface area contributed by atoms with Crippen molar-refractivity contribution in [3.8, 4) is 0 Å². The van der Waals surface area contributed by atoms with Gasteiger partial charge in [0.15, 0.2) is 11.0 Å². The maximum absolute atomic E-state index is 6.03. The van der Waals surface area contributed by atoms with Crippen molar-refractivity contribution in [3.05, 3.63) is 5.15 Å². The minimum absolute atomic E-state index is 0.564. The van der Waals surface area contributed by atoms with Crippen LogP contribution in [0.15, 0.2) is 0 Å². The molecule has 4 nitrogen and oxygen atoms in total. The Morgan fingerprint density at radius 2 is 2.12 bits per heavy atom. The van der Waals surface area contributed by atoms with Crippen LogP contribution >= 0.6 is 23.3 Å². The van der Waals surface area contributed by atoms with Gasteiger partial charge in [0.1, 0.15) is 0 Å². The van der Waals surface area contributed by atoms with E-state index in [1.807, 2.05) is 0 Å². The third-order valence-electron chi connectivity index (χ3n) is 3.57. The quantitative estimate of drug-likeness (QED) is 0.770. The molecule has 0 radical (unpaired) electrons. The van der Waals surface area contributed by atoms with Crippen LogP contribution in [0.2, 0.25) is 5.15 Å². The largest absolute Gasteiger partial charge is 0.350 e. The van der Waals surface area contributed by atoms with Crippen molar-refractivity contribution >= 4 is 29.1 Å². The molecule has 1 unspecified atom stereocenters. The molecule has 2 aliphatic heterocycles. The number of rotatable bonds is 1. The zero-order chi connectivity index (χ0) is 11.0. The lowest BCUT2D eigenvalue weighted by Crippen LogP contribution is -2.55. The number of aromatic nitrogens is 2. The SMILES string of the molecule is Clc1nsnc1N1CCN2CCCCC2C1. The summed E-state index contributed by atoms with van der Waals surface area (Å²) in [6, 6.07) is 0.695. The van der Waals surface area contributed by atoms with Crippen LogP contribution in [0.3, 0.4) is 0 Å². The number of nitrogens with zero attached hydrogens (tertiary/aromatic N) is 4. The molecule has 0 saturated carbocycles. The molecule has 2 aliphatic rings. The molecule has 16 heavy (non-hydrogen) atoms. The highest BCUT2D eigenvalue weighted by molar-refractivity contribution is 6.99. The first-order valence-corrected chi connectivity index (χ1v) is 6.92. The second-order valence-electron chi connectivity index (χ2n) is 4.51. The maximum atomic E-state index is 6.03. The summed E-state index contributed by atoms with van der Waals surface area (Å²) < 4.78 is 8.32. The molecule has 1 aromatic heterocycles. The number of piperazine rings is 1. The van der Waals surface area contributed by atoms with Crippen LogP contribution in [0.4, 0.5) is 5.82 Å². The van der Waals surface area contributed by atoms with E-state index in [0.29, 0.717) is 11.2 Å². The molecule has 0 amide bonds. The van der Waals surface area contributed by atoms with Gasteiger partial charge in [-0.25, -0.2) is 0 Å². The topological polar surface area (TPSA) is 32.3 Å². The summed E-state index contributed by atoms with van der Waals surface area (Å²) in [5.41, 5.74) is 0. The summed E-state index contributed by atoms with van der Waals surface area (Å²) >= 11 is 7.23. The summed E-state index contributed by atoms with van der Waals surface area (Å²) in [7, 11) is 0. The van der Waals surface area contributed by atoms with Crippen molar-refractivity contribution in [2.75, 3.05) is 31.1 Å². The van der Waals surface area contributed by atoms with Gasteiger partial charge in [-0.05, 0) is 19.4 Å². The Morgan fingerprint density at radius 1 is 1.19 bits per heavy atom. The fraction of sp³-hybridized carbons (Fsp3) is 0.800. The van der Waals surface area contributed by atoms with Crippen molar-refractivity contribution in [1.82, 2.24) is 13.6 Å². The Kier molecular flexibility index (Phi) is 3.00. The smallest absolute Gasteiger partial charge is 0.187 e. The fourth-order valence-electron chi connectivity index (χ4n) is 2.71. The fourth-order valence-corrected chi connectivity index (χ4v) is 3.49. The van der Waals surface area contributed by atoms with Crippen molar-refractivity contribution in [2.45, 2.75) is 25.3 Å². The first kappa shape index (κ1) is 10.7. The third kappa shape index (κ3) is 1.92. The molecule has 0 aliphatic carbocycles. The van der Waals surface area contributed by atoms with Gasteiger partial charge in [-0.1, -0.05) is 18.0 Å². The van der Waals surface area contributed by atoms with E-state index in [1.165, 1.54) is 37.5 Å². The van der Waals surface area contributed by atoms with Gasteiger partial charge in [-0.3, -0.25) is 4.90 Å². The van der Waals surface area contributed by atoms with Crippen molar-refractivity contribution in [3.63, 3.8) is 0 Å². The number of fused-ring (bicyclic) bond motifs is 1. The molecule has 0 N–H and O–H groups in total. The number of halogens is 1. The average Bonchev–Trinajstić information content (AvgIpc) is 2.75. The molecular formula is C10H15ClN4S. The highest BCUT2D eigenvalue weighted by Gasteiger charge is 2.30. The molecule has 1 aromatic rings. The summed E-state index contributed by atoms with van der Waals surface area (Å²) in [6.07, 6.45) is 4.03. The number of hydrogen-bond donors (Lipinski definition) is 0. The summed E-state index contributed by atoms with van der Waals surface area (Å²) in [4.78, 5) is 4.89. The van der Waals surface area contributed by atoms with Crippen molar-refractivity contribution in [2.24, 2.45) is 0 Å². The van der Waals surface area contributed by atoms with E-state index in [2.05, 4.69) is 18.5 Å². The van der Waals surface area contributed by atoms with Crippen LogP contribution in [0, 0.1) is 0 Å². The maximum Gasteiger partial charge on any atom is 0.187 e. The number of anilines is 1.